The van der Waals surface area contributed by atoms with Crippen molar-refractivity contribution < 1.29 is 9.47 Å². The minimum Gasteiger partial charge on any atom is -0.489 e. The molecule has 0 heterocycles. The van der Waals surface area contributed by atoms with Crippen LogP contribution in [0.5, 0.6) is 5.75 Å². The van der Waals surface area contributed by atoms with E-state index in [2.05, 4.69) is 0 Å². The van der Waals surface area contributed by atoms with Gasteiger partial charge in [-0.15, -0.1) is 0 Å². The van der Waals surface area contributed by atoms with Crippen LogP contribution in [0.25, 0.3) is 0 Å². The summed E-state index contributed by atoms with van der Waals surface area (Å²) in [5.74, 6) is 0.396. The molecule has 1 rings (SSSR count). The molecule has 1 aromatic carbocycles. The maximum absolute atomic E-state index is 8.87. The lowest BCUT2D eigenvalue weighted by atomic mass is 10.1. The van der Waals surface area contributed by atoms with Gasteiger partial charge in [0.25, 0.3) is 0 Å². The third-order valence-electron chi connectivity index (χ3n) is 1.98. The van der Waals surface area contributed by atoms with Gasteiger partial charge in [-0.1, -0.05) is 0 Å². The summed E-state index contributed by atoms with van der Waals surface area (Å²) in [4.78, 5) is 0. The molecule has 0 bridgehead atoms. The van der Waals surface area contributed by atoms with Crippen LogP contribution in [0.4, 0.5) is 5.69 Å². The van der Waals surface area contributed by atoms with Gasteiger partial charge in [-0.25, -0.2) is 0 Å². The lowest BCUT2D eigenvalue weighted by molar-refractivity contribution is 0.146. The van der Waals surface area contributed by atoms with Gasteiger partial charge in [0.15, 0.2) is 0 Å². The van der Waals surface area contributed by atoms with Gasteiger partial charge in [0, 0.05) is 7.11 Å². The summed E-state index contributed by atoms with van der Waals surface area (Å²) in [6, 6.07) is 6.87. The largest absolute Gasteiger partial charge is 0.489 e. The topological polar surface area (TPSA) is 92.1 Å². The highest BCUT2D eigenvalue weighted by Crippen LogP contribution is 2.27. The van der Waals surface area contributed by atoms with E-state index in [0.29, 0.717) is 19.0 Å². The average Bonchev–Trinajstić information content (AvgIpc) is 2.31. The Labute approximate surface area is 93.6 Å². The maximum Gasteiger partial charge on any atom is 0.143 e. The molecule has 0 spiro atoms. The highest BCUT2D eigenvalue weighted by atomic mass is 16.5. The Bertz CT molecular complexity index is 458. The smallest absolute Gasteiger partial charge is 0.143 e. The van der Waals surface area contributed by atoms with E-state index in [-0.39, 0.29) is 16.8 Å². The second kappa shape index (κ2) is 5.59. The molecule has 0 saturated carbocycles. The molecule has 16 heavy (non-hydrogen) atoms. The molecule has 0 radical (unpaired) electrons. The van der Waals surface area contributed by atoms with E-state index in [1.165, 1.54) is 6.07 Å². The van der Waals surface area contributed by atoms with Crippen LogP contribution in [0.3, 0.4) is 0 Å². The molecule has 0 saturated heterocycles. The van der Waals surface area contributed by atoms with Crippen LogP contribution in [-0.4, -0.2) is 20.3 Å². The number of hydrogen-bond acceptors (Lipinski definition) is 5. The quantitative estimate of drug-likeness (QED) is 0.600. The standard InChI is InChI=1S/C11H11N3O2/c1-15-4-5-16-10-3-2-8(6-12)9(7-13)11(10)14/h2-3H,4-5,14H2,1H3. The van der Waals surface area contributed by atoms with Gasteiger partial charge in [0.05, 0.1) is 23.4 Å². The fourth-order valence-electron chi connectivity index (χ4n) is 1.17. The maximum atomic E-state index is 8.87. The summed E-state index contributed by atoms with van der Waals surface area (Å²) < 4.78 is 10.1. The number of ether oxygens (including phenoxy) is 2. The van der Waals surface area contributed by atoms with Crippen LogP contribution in [-0.2, 0) is 4.74 Å². The zero-order valence-corrected chi connectivity index (χ0v) is 8.86. The molecule has 0 amide bonds. The van der Waals surface area contributed by atoms with E-state index in [1.807, 2.05) is 12.1 Å². The van der Waals surface area contributed by atoms with Crippen molar-refractivity contribution in [2.75, 3.05) is 26.1 Å². The normalized spacial score (nSPS) is 9.19. The summed E-state index contributed by atoms with van der Waals surface area (Å²) in [5.41, 5.74) is 6.30. The van der Waals surface area contributed by atoms with Gasteiger partial charge in [-0.05, 0) is 12.1 Å². The fraction of sp³-hybridized carbons (Fsp3) is 0.273. The molecule has 0 unspecified atom stereocenters. The average molecular weight is 217 g/mol. The van der Waals surface area contributed by atoms with Gasteiger partial charge in [-0.3, -0.25) is 0 Å². The second-order valence-corrected chi connectivity index (χ2v) is 2.96. The van der Waals surface area contributed by atoms with Crippen LogP contribution in [0.1, 0.15) is 11.1 Å². The third kappa shape index (κ3) is 2.41. The lowest BCUT2D eigenvalue weighted by Gasteiger charge is -2.09. The van der Waals surface area contributed by atoms with Crippen molar-refractivity contribution in [3.63, 3.8) is 0 Å². The predicted molar refractivity (Wildman–Crippen MR) is 57.7 cm³/mol. The Morgan fingerprint density at radius 3 is 2.56 bits per heavy atom. The molecular weight excluding hydrogens is 206 g/mol. The molecular formula is C11H11N3O2. The van der Waals surface area contributed by atoms with E-state index in [1.54, 1.807) is 13.2 Å². The van der Waals surface area contributed by atoms with Crippen LogP contribution >= 0.6 is 0 Å². The summed E-state index contributed by atoms with van der Waals surface area (Å²) >= 11 is 0. The van der Waals surface area contributed by atoms with Gasteiger partial charge >= 0.3 is 0 Å². The Hall–Kier alpha value is -2.24. The molecule has 82 valence electrons. The number of hydrogen-bond donors (Lipinski definition) is 1. The summed E-state index contributed by atoms with van der Waals surface area (Å²) in [5, 5.41) is 17.6. The summed E-state index contributed by atoms with van der Waals surface area (Å²) in [6.07, 6.45) is 0. The first-order chi connectivity index (χ1) is 7.74. The molecule has 1 aromatic rings. The first-order valence-corrected chi connectivity index (χ1v) is 4.59. The zero-order valence-electron chi connectivity index (χ0n) is 8.86. The molecule has 0 aromatic heterocycles. The first kappa shape index (κ1) is 11.8. The van der Waals surface area contributed by atoms with Crippen molar-refractivity contribution in [1.82, 2.24) is 0 Å². The van der Waals surface area contributed by atoms with Crippen LogP contribution in [0, 0.1) is 22.7 Å². The first-order valence-electron chi connectivity index (χ1n) is 4.59. The molecule has 0 aliphatic heterocycles. The minimum atomic E-state index is 0.150. The predicted octanol–water partition coefficient (Wildman–Crippen LogP) is 1.04. The fourth-order valence-corrected chi connectivity index (χ4v) is 1.17. The minimum absolute atomic E-state index is 0.150. The van der Waals surface area contributed by atoms with Gasteiger partial charge in [0.2, 0.25) is 0 Å². The number of nitrogens with two attached hydrogens (primary N) is 1. The number of nitrogens with zero attached hydrogens (tertiary/aromatic N) is 2. The van der Waals surface area contributed by atoms with Crippen molar-refractivity contribution in [3.05, 3.63) is 23.3 Å². The molecule has 0 aliphatic carbocycles. The third-order valence-corrected chi connectivity index (χ3v) is 1.98. The lowest BCUT2D eigenvalue weighted by Crippen LogP contribution is -2.07. The molecule has 5 heteroatoms. The van der Waals surface area contributed by atoms with Crippen molar-refractivity contribution in [2.24, 2.45) is 0 Å². The monoisotopic (exact) mass is 217 g/mol. The number of methoxy groups -OCH3 is 1. The van der Waals surface area contributed by atoms with E-state index < -0.39 is 0 Å². The molecule has 0 fully saturated rings. The number of nitriles is 2. The van der Waals surface area contributed by atoms with E-state index in [9.17, 15) is 0 Å². The summed E-state index contributed by atoms with van der Waals surface area (Å²) in [7, 11) is 1.56. The van der Waals surface area contributed by atoms with Crippen LogP contribution in [0.15, 0.2) is 12.1 Å². The van der Waals surface area contributed by atoms with E-state index >= 15 is 0 Å². The number of benzene rings is 1. The van der Waals surface area contributed by atoms with E-state index in [4.69, 9.17) is 25.7 Å². The Balaban J connectivity index is 2.98. The molecule has 0 atom stereocenters. The molecule has 2 N–H and O–H groups in total. The number of anilines is 1. The summed E-state index contributed by atoms with van der Waals surface area (Å²) in [6.45, 7) is 0.777. The van der Waals surface area contributed by atoms with Crippen molar-refractivity contribution in [1.29, 1.82) is 10.5 Å². The Morgan fingerprint density at radius 2 is 2.00 bits per heavy atom. The molecule has 0 aliphatic rings. The Kier molecular flexibility index (Phi) is 4.14. The van der Waals surface area contributed by atoms with Gasteiger partial charge in [-0.2, -0.15) is 10.5 Å². The SMILES string of the molecule is COCCOc1ccc(C#N)c(C#N)c1N. The van der Waals surface area contributed by atoms with Gasteiger partial charge in [0.1, 0.15) is 24.5 Å². The number of rotatable bonds is 4. The number of nitrogen functional groups attached to an aromatic ring is 1. The zero-order chi connectivity index (χ0) is 12.0. The Morgan fingerprint density at radius 1 is 1.25 bits per heavy atom. The highest BCUT2D eigenvalue weighted by Gasteiger charge is 2.11. The van der Waals surface area contributed by atoms with Gasteiger partial charge < -0.3 is 15.2 Å². The molecule has 5 nitrogen and oxygen atoms in total. The highest BCUT2D eigenvalue weighted by molar-refractivity contribution is 5.68. The van der Waals surface area contributed by atoms with E-state index in [0.717, 1.165) is 0 Å². The van der Waals surface area contributed by atoms with Crippen LogP contribution in [0.2, 0.25) is 0 Å². The van der Waals surface area contributed by atoms with Crippen molar-refractivity contribution in [3.8, 4) is 17.9 Å². The van der Waals surface area contributed by atoms with Crippen LogP contribution < -0.4 is 10.5 Å². The second-order valence-electron chi connectivity index (χ2n) is 2.96. The van der Waals surface area contributed by atoms with Crippen molar-refractivity contribution in [2.45, 2.75) is 0 Å². The van der Waals surface area contributed by atoms with Crippen molar-refractivity contribution >= 4 is 5.69 Å².